The van der Waals surface area contributed by atoms with Gasteiger partial charge in [-0.1, -0.05) is 60.3 Å². The Morgan fingerprint density at radius 2 is 1.87 bits per heavy atom. The molecule has 0 aliphatic heterocycles. The molecule has 1 aromatic heterocycles. The van der Waals surface area contributed by atoms with Crippen LogP contribution in [0.15, 0.2) is 66.1 Å². The summed E-state index contributed by atoms with van der Waals surface area (Å²) in [6.45, 7) is 2.13. The molecule has 0 saturated carbocycles. The summed E-state index contributed by atoms with van der Waals surface area (Å²) in [6.07, 6.45) is 1.76. The summed E-state index contributed by atoms with van der Waals surface area (Å²) in [5.41, 5.74) is 2.94. The monoisotopic (exact) mass is 320 g/mol. The van der Waals surface area contributed by atoms with Crippen molar-refractivity contribution >= 4 is 11.8 Å². The third-order valence-corrected chi connectivity index (χ3v) is 4.74. The molecule has 0 unspecified atom stereocenters. The van der Waals surface area contributed by atoms with Gasteiger partial charge in [0.25, 0.3) is 0 Å². The van der Waals surface area contributed by atoms with Crippen LogP contribution in [0.25, 0.3) is 0 Å². The summed E-state index contributed by atoms with van der Waals surface area (Å²) in [4.78, 5) is 0. The third-order valence-electron chi connectivity index (χ3n) is 3.73. The summed E-state index contributed by atoms with van der Waals surface area (Å²) in [7, 11) is 0. The maximum atomic E-state index is 9.17. The first-order valence-electron chi connectivity index (χ1n) is 7.35. The Hall–Kier alpha value is -2.58. The van der Waals surface area contributed by atoms with Gasteiger partial charge in [0.05, 0.1) is 17.7 Å². The van der Waals surface area contributed by atoms with Crippen LogP contribution in [0.5, 0.6) is 0 Å². The van der Waals surface area contributed by atoms with Crippen LogP contribution in [0.4, 0.5) is 0 Å². The van der Waals surface area contributed by atoms with E-state index in [1.165, 1.54) is 5.56 Å². The molecule has 0 spiro atoms. The predicted octanol–water partition coefficient (Wildman–Crippen LogP) is 4.05. The van der Waals surface area contributed by atoms with Gasteiger partial charge in [0.15, 0.2) is 5.16 Å². The van der Waals surface area contributed by atoms with Gasteiger partial charge in [-0.2, -0.15) is 5.26 Å². The molecule has 114 valence electrons. The molecule has 0 aliphatic rings. The number of thioether (sulfide) groups is 1. The fourth-order valence-electron chi connectivity index (χ4n) is 2.39. The number of aromatic nitrogens is 3. The first kappa shape index (κ1) is 15.3. The van der Waals surface area contributed by atoms with Gasteiger partial charge >= 0.3 is 0 Å². The van der Waals surface area contributed by atoms with Gasteiger partial charge in [-0.05, 0) is 24.1 Å². The Balaban J connectivity index is 1.78. The lowest BCUT2D eigenvalue weighted by Crippen LogP contribution is -2.07. The minimum absolute atomic E-state index is 0.167. The van der Waals surface area contributed by atoms with Crippen LogP contribution >= 0.6 is 11.8 Å². The fourth-order valence-corrected chi connectivity index (χ4v) is 3.39. The van der Waals surface area contributed by atoms with E-state index in [-0.39, 0.29) is 6.04 Å². The Kier molecular flexibility index (Phi) is 4.74. The van der Waals surface area contributed by atoms with E-state index in [0.717, 1.165) is 10.7 Å². The molecule has 2 aromatic carbocycles. The van der Waals surface area contributed by atoms with Crippen molar-refractivity contribution in [2.45, 2.75) is 23.9 Å². The van der Waals surface area contributed by atoms with Crippen LogP contribution in [-0.2, 0) is 5.75 Å². The maximum Gasteiger partial charge on any atom is 0.191 e. The van der Waals surface area contributed by atoms with Gasteiger partial charge in [-0.25, -0.2) is 0 Å². The lowest BCUT2D eigenvalue weighted by Gasteiger charge is -2.15. The highest BCUT2D eigenvalue weighted by atomic mass is 32.2. The number of rotatable bonds is 5. The van der Waals surface area contributed by atoms with E-state index >= 15 is 0 Å². The van der Waals surface area contributed by atoms with Gasteiger partial charge < -0.3 is 4.57 Å². The van der Waals surface area contributed by atoms with Crippen molar-refractivity contribution in [2.75, 3.05) is 0 Å². The Bertz CT molecular complexity index is 820. The molecule has 3 aromatic rings. The predicted molar refractivity (Wildman–Crippen MR) is 91.0 cm³/mol. The average molecular weight is 320 g/mol. The Labute approximate surface area is 139 Å². The van der Waals surface area contributed by atoms with Crippen LogP contribution in [0.2, 0.25) is 0 Å². The summed E-state index contributed by atoms with van der Waals surface area (Å²) in [5, 5.41) is 18.3. The van der Waals surface area contributed by atoms with Crippen LogP contribution < -0.4 is 0 Å². The van der Waals surface area contributed by atoms with E-state index in [4.69, 9.17) is 0 Å². The zero-order chi connectivity index (χ0) is 16.1. The molecule has 0 fully saturated rings. The highest BCUT2D eigenvalue weighted by molar-refractivity contribution is 7.98. The van der Waals surface area contributed by atoms with E-state index in [1.807, 2.05) is 42.5 Å². The summed E-state index contributed by atoms with van der Waals surface area (Å²) in [6, 6.07) is 20.3. The van der Waals surface area contributed by atoms with Crippen LogP contribution in [0.3, 0.4) is 0 Å². The highest BCUT2D eigenvalue weighted by Crippen LogP contribution is 2.27. The topological polar surface area (TPSA) is 54.5 Å². The molecule has 5 heteroatoms. The molecule has 1 atom stereocenters. The van der Waals surface area contributed by atoms with Crippen LogP contribution in [0, 0.1) is 11.3 Å². The number of hydrogen-bond donors (Lipinski definition) is 0. The van der Waals surface area contributed by atoms with Crippen molar-refractivity contribution in [3.05, 3.63) is 77.6 Å². The molecular weight excluding hydrogens is 304 g/mol. The Morgan fingerprint density at radius 1 is 1.13 bits per heavy atom. The van der Waals surface area contributed by atoms with E-state index in [2.05, 4.69) is 39.9 Å². The number of nitriles is 1. The molecule has 1 heterocycles. The molecule has 4 nitrogen and oxygen atoms in total. The van der Waals surface area contributed by atoms with Crippen molar-refractivity contribution < 1.29 is 0 Å². The summed E-state index contributed by atoms with van der Waals surface area (Å²) < 4.78 is 2.06. The zero-order valence-corrected chi connectivity index (χ0v) is 13.6. The van der Waals surface area contributed by atoms with Crippen molar-refractivity contribution in [1.82, 2.24) is 14.8 Å². The molecule has 0 N–H and O–H groups in total. The first-order valence-corrected chi connectivity index (χ1v) is 8.33. The molecule has 23 heavy (non-hydrogen) atoms. The largest absolute Gasteiger partial charge is 0.301 e. The van der Waals surface area contributed by atoms with Gasteiger partial charge in [0.1, 0.15) is 6.33 Å². The second-order valence-corrected chi connectivity index (χ2v) is 6.11. The molecule has 0 radical (unpaired) electrons. The van der Waals surface area contributed by atoms with Crippen molar-refractivity contribution in [3.8, 4) is 6.07 Å². The third kappa shape index (κ3) is 3.43. The average Bonchev–Trinajstić information content (AvgIpc) is 3.08. The summed E-state index contributed by atoms with van der Waals surface area (Å²) >= 11 is 1.60. The van der Waals surface area contributed by atoms with Crippen LogP contribution in [0.1, 0.15) is 29.7 Å². The maximum absolute atomic E-state index is 9.17. The highest BCUT2D eigenvalue weighted by Gasteiger charge is 2.14. The van der Waals surface area contributed by atoms with Crippen LogP contribution in [-0.4, -0.2) is 14.8 Å². The van der Waals surface area contributed by atoms with Gasteiger partial charge in [-0.3, -0.25) is 0 Å². The van der Waals surface area contributed by atoms with E-state index in [9.17, 15) is 5.26 Å². The SMILES string of the molecule is C[C@H](c1ccccc1)n1cnnc1SCc1ccccc1C#N. The lowest BCUT2D eigenvalue weighted by atomic mass is 10.1. The van der Waals surface area contributed by atoms with Crippen molar-refractivity contribution in [3.63, 3.8) is 0 Å². The smallest absolute Gasteiger partial charge is 0.191 e. The zero-order valence-electron chi connectivity index (χ0n) is 12.8. The summed E-state index contributed by atoms with van der Waals surface area (Å²) in [5.74, 6) is 0.698. The van der Waals surface area contributed by atoms with Crippen molar-refractivity contribution in [1.29, 1.82) is 5.26 Å². The van der Waals surface area contributed by atoms with Crippen molar-refractivity contribution in [2.24, 2.45) is 0 Å². The van der Waals surface area contributed by atoms with E-state index in [1.54, 1.807) is 18.1 Å². The lowest BCUT2D eigenvalue weighted by molar-refractivity contribution is 0.582. The minimum Gasteiger partial charge on any atom is -0.301 e. The fraction of sp³-hybridized carbons (Fsp3) is 0.167. The van der Waals surface area contributed by atoms with Gasteiger partial charge in [-0.15, -0.1) is 10.2 Å². The molecule has 0 bridgehead atoms. The van der Waals surface area contributed by atoms with E-state index < -0.39 is 0 Å². The minimum atomic E-state index is 0.167. The second-order valence-electron chi connectivity index (χ2n) is 5.17. The molecule has 0 aliphatic carbocycles. The molecular formula is C18H16N4S. The molecule has 0 amide bonds. The number of benzene rings is 2. The number of hydrogen-bond acceptors (Lipinski definition) is 4. The van der Waals surface area contributed by atoms with Gasteiger partial charge in [0, 0.05) is 5.75 Å². The molecule has 3 rings (SSSR count). The van der Waals surface area contributed by atoms with Gasteiger partial charge in [0.2, 0.25) is 0 Å². The second kappa shape index (κ2) is 7.12. The standard InChI is InChI=1S/C18H16N4S/c1-14(15-7-3-2-4-8-15)22-13-20-21-18(22)23-12-17-10-6-5-9-16(17)11-19/h2-10,13-14H,12H2,1H3/t14-/m1/s1. The Morgan fingerprint density at radius 3 is 2.65 bits per heavy atom. The normalized spacial score (nSPS) is 11.8. The molecule has 0 saturated heterocycles. The number of nitrogens with zero attached hydrogens (tertiary/aromatic N) is 4. The van der Waals surface area contributed by atoms with E-state index in [0.29, 0.717) is 11.3 Å². The quantitative estimate of drug-likeness (QED) is 0.665. The first-order chi connectivity index (χ1) is 11.3.